The maximum atomic E-state index is 6.59. The number of benzene rings is 8. The minimum Gasteiger partial charge on any atom is -0.454 e. The zero-order valence-corrected chi connectivity index (χ0v) is 28.3. The maximum Gasteiger partial charge on any atom is 0.159 e. The second-order valence-electron chi connectivity index (χ2n) is 13.0. The average Bonchev–Trinajstić information content (AvgIpc) is 3.59. The van der Waals surface area contributed by atoms with Crippen LogP contribution in [0.15, 0.2) is 199 Å². The molecule has 0 N–H and O–H groups in total. The molecule has 0 spiro atoms. The van der Waals surface area contributed by atoms with Gasteiger partial charge >= 0.3 is 0 Å². The van der Waals surface area contributed by atoms with Gasteiger partial charge in [-0.2, -0.15) is 0 Å². The highest BCUT2D eigenvalue weighted by atomic mass is 16.3. The second kappa shape index (κ2) is 13.0. The number of anilines is 3. The van der Waals surface area contributed by atoms with E-state index in [2.05, 4.69) is 194 Å². The maximum absolute atomic E-state index is 6.59. The zero-order valence-electron chi connectivity index (χ0n) is 28.3. The first-order chi connectivity index (χ1) is 25.2. The van der Waals surface area contributed by atoms with Crippen molar-refractivity contribution in [2.24, 2.45) is 0 Å². The molecule has 0 radical (unpaired) electrons. The van der Waals surface area contributed by atoms with Gasteiger partial charge in [0.1, 0.15) is 5.58 Å². The van der Waals surface area contributed by atoms with Crippen LogP contribution in [0.1, 0.15) is 5.56 Å². The van der Waals surface area contributed by atoms with Crippen LogP contribution in [-0.4, -0.2) is 0 Å². The molecular weight excluding hydrogens is 619 g/mol. The van der Waals surface area contributed by atoms with Gasteiger partial charge in [-0.3, -0.25) is 0 Å². The standard InChI is InChI=1S/C49H35NO/c1-34-14-5-6-17-40(34)44-21-10-9-20-43(44)37-28-32-39(33-29-37)50(47-24-13-23-46-45-22-11-12-25-48(45)51-49(46)47)38-30-26-36(27-31-38)42-19-8-7-18-41(42)35-15-3-2-4-16-35/h2-33H,1H3. The van der Waals surface area contributed by atoms with Crippen LogP contribution < -0.4 is 4.90 Å². The van der Waals surface area contributed by atoms with Crippen LogP contribution in [0.5, 0.6) is 0 Å². The Morgan fingerprint density at radius 3 is 1.45 bits per heavy atom. The minimum atomic E-state index is 0.867. The highest BCUT2D eigenvalue weighted by Crippen LogP contribution is 2.44. The van der Waals surface area contributed by atoms with E-state index in [4.69, 9.17) is 4.42 Å². The van der Waals surface area contributed by atoms with Gasteiger partial charge in [-0.25, -0.2) is 0 Å². The summed E-state index contributed by atoms with van der Waals surface area (Å²) in [7, 11) is 0. The van der Waals surface area contributed by atoms with Crippen LogP contribution in [0.3, 0.4) is 0 Å². The summed E-state index contributed by atoms with van der Waals surface area (Å²) in [6.07, 6.45) is 0. The first-order valence-corrected chi connectivity index (χ1v) is 17.4. The predicted octanol–water partition coefficient (Wildman–Crippen LogP) is 14.0. The zero-order chi connectivity index (χ0) is 34.1. The molecule has 0 fully saturated rings. The monoisotopic (exact) mass is 653 g/mol. The molecule has 9 aromatic rings. The molecule has 0 aliphatic carbocycles. The van der Waals surface area contributed by atoms with Gasteiger partial charge in [0.05, 0.1) is 5.69 Å². The Morgan fingerprint density at radius 1 is 0.353 bits per heavy atom. The fourth-order valence-corrected chi connectivity index (χ4v) is 7.36. The van der Waals surface area contributed by atoms with Gasteiger partial charge in [0.25, 0.3) is 0 Å². The first kappa shape index (κ1) is 30.4. The van der Waals surface area contributed by atoms with Crippen molar-refractivity contribution >= 4 is 39.0 Å². The summed E-state index contributed by atoms with van der Waals surface area (Å²) in [5, 5.41) is 2.22. The van der Waals surface area contributed by atoms with Crippen molar-refractivity contribution < 1.29 is 4.42 Å². The third kappa shape index (κ3) is 5.57. The summed E-state index contributed by atoms with van der Waals surface area (Å²) in [4.78, 5) is 2.31. The van der Waals surface area contributed by atoms with Gasteiger partial charge in [0.2, 0.25) is 0 Å². The van der Waals surface area contributed by atoms with Crippen LogP contribution >= 0.6 is 0 Å². The largest absolute Gasteiger partial charge is 0.454 e. The van der Waals surface area contributed by atoms with E-state index in [0.717, 1.165) is 39.0 Å². The van der Waals surface area contributed by atoms with E-state index in [0.29, 0.717) is 0 Å². The SMILES string of the molecule is Cc1ccccc1-c1ccccc1-c1ccc(N(c2ccc(-c3ccccc3-c3ccccc3)cc2)c2cccc3c2oc2ccccc23)cc1. The third-order valence-electron chi connectivity index (χ3n) is 9.87. The lowest BCUT2D eigenvalue weighted by Gasteiger charge is -2.26. The van der Waals surface area contributed by atoms with Crippen LogP contribution in [-0.2, 0) is 0 Å². The van der Waals surface area contributed by atoms with Gasteiger partial charge in [-0.15, -0.1) is 0 Å². The molecule has 0 saturated carbocycles. The minimum absolute atomic E-state index is 0.867. The molecular formula is C49H35NO. The Kier molecular flexibility index (Phi) is 7.75. The molecule has 8 aromatic carbocycles. The lowest BCUT2D eigenvalue weighted by atomic mass is 9.92. The van der Waals surface area contributed by atoms with Crippen LogP contribution in [0, 0.1) is 6.92 Å². The molecule has 51 heavy (non-hydrogen) atoms. The third-order valence-corrected chi connectivity index (χ3v) is 9.87. The highest BCUT2D eigenvalue weighted by molar-refractivity contribution is 6.10. The molecule has 0 bridgehead atoms. The Labute approximate surface area is 298 Å². The summed E-state index contributed by atoms with van der Waals surface area (Å²) in [6, 6.07) is 69.1. The number of hydrogen-bond donors (Lipinski definition) is 0. The number of furan rings is 1. The van der Waals surface area contributed by atoms with Gasteiger partial charge in [0, 0.05) is 22.1 Å². The van der Waals surface area contributed by atoms with E-state index in [1.54, 1.807) is 0 Å². The molecule has 0 amide bonds. The smallest absolute Gasteiger partial charge is 0.159 e. The highest BCUT2D eigenvalue weighted by Gasteiger charge is 2.20. The van der Waals surface area contributed by atoms with E-state index in [9.17, 15) is 0 Å². The molecule has 0 aliphatic rings. The van der Waals surface area contributed by atoms with E-state index in [1.165, 1.54) is 50.1 Å². The van der Waals surface area contributed by atoms with Crippen LogP contribution in [0.25, 0.3) is 66.4 Å². The summed E-state index contributed by atoms with van der Waals surface area (Å²) in [5.74, 6) is 0. The first-order valence-electron chi connectivity index (χ1n) is 17.4. The normalized spacial score (nSPS) is 11.2. The average molecular weight is 654 g/mol. The Balaban J connectivity index is 1.17. The molecule has 0 aliphatic heterocycles. The predicted molar refractivity (Wildman–Crippen MR) is 215 cm³/mol. The van der Waals surface area contributed by atoms with Gasteiger partial charge in [-0.05, 0) is 93.4 Å². The second-order valence-corrected chi connectivity index (χ2v) is 13.0. The fraction of sp³-hybridized carbons (Fsp3) is 0.0204. The molecule has 2 nitrogen and oxygen atoms in total. The van der Waals surface area contributed by atoms with Crippen molar-refractivity contribution in [3.8, 4) is 44.5 Å². The summed E-state index contributed by atoms with van der Waals surface area (Å²) in [5.41, 5.74) is 15.8. The molecule has 1 aromatic heterocycles. The topological polar surface area (TPSA) is 16.4 Å². The molecule has 242 valence electrons. The molecule has 9 rings (SSSR count). The quantitative estimate of drug-likeness (QED) is 0.170. The van der Waals surface area contributed by atoms with Crippen molar-refractivity contribution in [2.75, 3.05) is 4.90 Å². The van der Waals surface area contributed by atoms with Crippen molar-refractivity contribution in [1.29, 1.82) is 0 Å². The molecule has 0 atom stereocenters. The number of nitrogens with zero attached hydrogens (tertiary/aromatic N) is 1. The number of rotatable bonds is 7. The summed E-state index contributed by atoms with van der Waals surface area (Å²) < 4.78 is 6.59. The number of aryl methyl sites for hydroxylation is 1. The van der Waals surface area contributed by atoms with Crippen LogP contribution in [0.2, 0.25) is 0 Å². The van der Waals surface area contributed by atoms with Gasteiger partial charge in [-0.1, -0.05) is 158 Å². The van der Waals surface area contributed by atoms with E-state index >= 15 is 0 Å². The van der Waals surface area contributed by atoms with Gasteiger partial charge < -0.3 is 9.32 Å². The van der Waals surface area contributed by atoms with Crippen molar-refractivity contribution in [2.45, 2.75) is 6.92 Å². The number of hydrogen-bond acceptors (Lipinski definition) is 2. The Hall–Kier alpha value is -6.64. The number of fused-ring (bicyclic) bond motifs is 3. The number of para-hydroxylation sites is 2. The molecule has 0 unspecified atom stereocenters. The van der Waals surface area contributed by atoms with Crippen molar-refractivity contribution in [1.82, 2.24) is 0 Å². The van der Waals surface area contributed by atoms with E-state index in [1.807, 2.05) is 12.1 Å². The Bertz CT molecular complexity index is 2630. The lowest BCUT2D eigenvalue weighted by molar-refractivity contribution is 0.669. The Morgan fingerprint density at radius 2 is 0.824 bits per heavy atom. The summed E-state index contributed by atoms with van der Waals surface area (Å²) >= 11 is 0. The van der Waals surface area contributed by atoms with E-state index in [-0.39, 0.29) is 0 Å². The van der Waals surface area contributed by atoms with E-state index < -0.39 is 0 Å². The molecule has 2 heteroatoms. The lowest BCUT2D eigenvalue weighted by Crippen LogP contribution is -2.10. The fourth-order valence-electron chi connectivity index (χ4n) is 7.36. The van der Waals surface area contributed by atoms with Crippen molar-refractivity contribution in [3.05, 3.63) is 200 Å². The summed E-state index contributed by atoms with van der Waals surface area (Å²) in [6.45, 7) is 2.18. The van der Waals surface area contributed by atoms with Crippen LogP contribution in [0.4, 0.5) is 17.1 Å². The van der Waals surface area contributed by atoms with Gasteiger partial charge in [0.15, 0.2) is 5.58 Å². The molecule has 1 heterocycles. The van der Waals surface area contributed by atoms with Crippen molar-refractivity contribution in [3.63, 3.8) is 0 Å². The molecule has 0 saturated heterocycles.